The average Bonchev–Trinajstić information content (AvgIpc) is 3.22. The summed E-state index contributed by atoms with van der Waals surface area (Å²) in [5, 5.41) is 0.723. The summed E-state index contributed by atoms with van der Waals surface area (Å²) in [7, 11) is 0. The maximum Gasteiger partial charge on any atom is 0.243 e. The third-order valence-corrected chi connectivity index (χ3v) is 7.75. The standard InChI is InChI=1S/C29H34ClN3O/c30-23-18-15-22(16-19-23)17-20-28-31-26-13-7-8-14-27(26)32(28)21-29(34)33(24-9-3-1-4-10-24)25-11-5-2-6-12-25/h7-8,13-20,24-25H,1-6,9-12,21H2/b20-17+. The number of nitrogens with zero attached hydrogens (tertiary/aromatic N) is 3. The number of halogens is 1. The van der Waals surface area contributed by atoms with Crippen LogP contribution >= 0.6 is 11.6 Å². The molecule has 2 aliphatic rings. The van der Waals surface area contributed by atoms with Crippen LogP contribution in [0.3, 0.4) is 0 Å². The number of carbonyl (C=O) groups is 1. The lowest BCUT2D eigenvalue weighted by Gasteiger charge is -2.42. The number of para-hydroxylation sites is 2. The van der Waals surface area contributed by atoms with Gasteiger partial charge in [-0.25, -0.2) is 4.98 Å². The Morgan fingerprint density at radius 1 is 0.882 bits per heavy atom. The second-order valence-electron chi connectivity index (χ2n) is 9.81. The zero-order valence-electron chi connectivity index (χ0n) is 19.8. The molecule has 1 amide bonds. The Bertz CT molecular complexity index is 1120. The molecule has 0 aliphatic heterocycles. The SMILES string of the molecule is O=C(Cn1c(/C=C/c2ccc(Cl)cc2)nc2ccccc21)N(C1CCCCC1)C1CCCCC1. The van der Waals surface area contributed by atoms with Crippen LogP contribution in [0.15, 0.2) is 48.5 Å². The second-order valence-corrected chi connectivity index (χ2v) is 10.3. The smallest absolute Gasteiger partial charge is 0.243 e. The number of fused-ring (bicyclic) bond motifs is 1. The van der Waals surface area contributed by atoms with E-state index in [1.54, 1.807) is 0 Å². The number of imidazole rings is 1. The van der Waals surface area contributed by atoms with E-state index < -0.39 is 0 Å². The van der Waals surface area contributed by atoms with Crippen molar-refractivity contribution in [2.75, 3.05) is 0 Å². The van der Waals surface area contributed by atoms with Gasteiger partial charge in [-0.3, -0.25) is 4.79 Å². The molecule has 3 aromatic rings. The molecule has 1 heterocycles. The van der Waals surface area contributed by atoms with Gasteiger partial charge < -0.3 is 9.47 Å². The van der Waals surface area contributed by atoms with E-state index in [0.29, 0.717) is 18.6 Å². The molecule has 0 unspecified atom stereocenters. The van der Waals surface area contributed by atoms with Gasteiger partial charge in [-0.05, 0) is 61.6 Å². The molecule has 0 N–H and O–H groups in total. The summed E-state index contributed by atoms with van der Waals surface area (Å²) in [4.78, 5) is 21.1. The first-order chi connectivity index (χ1) is 16.7. The summed E-state index contributed by atoms with van der Waals surface area (Å²) in [5.74, 6) is 1.07. The predicted molar refractivity (Wildman–Crippen MR) is 141 cm³/mol. The van der Waals surface area contributed by atoms with Crippen molar-refractivity contribution in [1.29, 1.82) is 0 Å². The second kappa shape index (κ2) is 10.8. The lowest BCUT2D eigenvalue weighted by Crippen LogP contribution is -2.50. The summed E-state index contributed by atoms with van der Waals surface area (Å²) in [6, 6.07) is 16.7. The normalized spacial score (nSPS) is 18.0. The van der Waals surface area contributed by atoms with Gasteiger partial charge in [0.2, 0.25) is 5.91 Å². The van der Waals surface area contributed by atoms with Crippen molar-refractivity contribution < 1.29 is 4.79 Å². The number of hydrogen-bond donors (Lipinski definition) is 0. The van der Waals surface area contributed by atoms with Crippen LogP contribution in [-0.2, 0) is 11.3 Å². The van der Waals surface area contributed by atoms with Crippen molar-refractivity contribution >= 4 is 40.7 Å². The molecular formula is C29H34ClN3O. The summed E-state index contributed by atoms with van der Waals surface area (Å²) < 4.78 is 2.10. The number of amides is 1. The average molecular weight is 476 g/mol. The number of aromatic nitrogens is 2. The van der Waals surface area contributed by atoms with E-state index in [0.717, 1.165) is 53.1 Å². The molecule has 0 radical (unpaired) electrons. The highest BCUT2D eigenvalue weighted by Crippen LogP contribution is 2.31. The first-order valence-electron chi connectivity index (χ1n) is 12.9. The molecule has 2 saturated carbocycles. The van der Waals surface area contributed by atoms with Crippen molar-refractivity contribution in [3.05, 3.63) is 64.9 Å². The minimum atomic E-state index is 0.253. The van der Waals surface area contributed by atoms with Crippen molar-refractivity contribution in [3.8, 4) is 0 Å². The molecule has 178 valence electrons. The molecule has 2 aliphatic carbocycles. The Balaban J connectivity index is 1.45. The van der Waals surface area contributed by atoms with Crippen molar-refractivity contribution in [1.82, 2.24) is 14.5 Å². The molecule has 5 rings (SSSR count). The van der Waals surface area contributed by atoms with E-state index in [9.17, 15) is 4.79 Å². The third kappa shape index (κ3) is 5.22. The molecule has 5 heteroatoms. The van der Waals surface area contributed by atoms with E-state index in [4.69, 9.17) is 16.6 Å². The van der Waals surface area contributed by atoms with Crippen LogP contribution in [-0.4, -0.2) is 32.4 Å². The lowest BCUT2D eigenvalue weighted by molar-refractivity contribution is -0.138. The van der Waals surface area contributed by atoms with Gasteiger partial charge in [-0.2, -0.15) is 0 Å². The summed E-state index contributed by atoms with van der Waals surface area (Å²) in [6.07, 6.45) is 16.2. The quantitative estimate of drug-likeness (QED) is 0.373. The summed E-state index contributed by atoms with van der Waals surface area (Å²) in [5.41, 5.74) is 2.99. The number of benzene rings is 2. The highest BCUT2D eigenvalue weighted by molar-refractivity contribution is 6.30. The van der Waals surface area contributed by atoms with Crippen LogP contribution in [0, 0.1) is 0 Å². The summed E-state index contributed by atoms with van der Waals surface area (Å²) in [6.45, 7) is 0.341. The monoisotopic (exact) mass is 475 g/mol. The van der Waals surface area contributed by atoms with Crippen LogP contribution in [0.4, 0.5) is 0 Å². The maximum absolute atomic E-state index is 14.0. The van der Waals surface area contributed by atoms with E-state index in [1.807, 2.05) is 54.6 Å². The van der Waals surface area contributed by atoms with Gasteiger partial charge in [0.05, 0.1) is 11.0 Å². The maximum atomic E-state index is 14.0. The number of hydrogen-bond acceptors (Lipinski definition) is 2. The largest absolute Gasteiger partial charge is 0.335 e. The van der Waals surface area contributed by atoms with Gasteiger partial charge in [-0.1, -0.05) is 80.5 Å². The van der Waals surface area contributed by atoms with Gasteiger partial charge in [0, 0.05) is 17.1 Å². The molecule has 34 heavy (non-hydrogen) atoms. The Hall–Kier alpha value is -2.59. The lowest BCUT2D eigenvalue weighted by atomic mass is 9.88. The fourth-order valence-corrected chi connectivity index (χ4v) is 5.90. The Kier molecular flexibility index (Phi) is 7.34. The molecule has 4 nitrogen and oxygen atoms in total. The van der Waals surface area contributed by atoms with E-state index in [2.05, 4.69) is 15.5 Å². The highest BCUT2D eigenvalue weighted by atomic mass is 35.5. The van der Waals surface area contributed by atoms with Crippen LogP contribution < -0.4 is 0 Å². The van der Waals surface area contributed by atoms with Gasteiger partial charge in [0.15, 0.2) is 0 Å². The van der Waals surface area contributed by atoms with Crippen LogP contribution in [0.2, 0.25) is 5.02 Å². The molecule has 0 saturated heterocycles. The van der Waals surface area contributed by atoms with Crippen LogP contribution in [0.25, 0.3) is 23.2 Å². The molecular weight excluding hydrogens is 442 g/mol. The Morgan fingerprint density at radius 2 is 1.50 bits per heavy atom. The molecule has 0 atom stereocenters. The van der Waals surface area contributed by atoms with Crippen molar-refractivity contribution in [2.45, 2.75) is 82.8 Å². The zero-order valence-corrected chi connectivity index (χ0v) is 20.6. The molecule has 0 spiro atoms. The van der Waals surface area contributed by atoms with E-state index >= 15 is 0 Å². The van der Waals surface area contributed by atoms with Gasteiger partial charge in [0.25, 0.3) is 0 Å². The van der Waals surface area contributed by atoms with Crippen molar-refractivity contribution in [3.63, 3.8) is 0 Å². The minimum absolute atomic E-state index is 0.253. The third-order valence-electron chi connectivity index (χ3n) is 7.50. The molecule has 0 bridgehead atoms. The minimum Gasteiger partial charge on any atom is -0.335 e. The van der Waals surface area contributed by atoms with Crippen LogP contribution in [0.1, 0.15) is 75.6 Å². The highest BCUT2D eigenvalue weighted by Gasteiger charge is 2.32. The first-order valence-corrected chi connectivity index (χ1v) is 13.3. The number of rotatable bonds is 6. The Morgan fingerprint density at radius 3 is 2.15 bits per heavy atom. The van der Waals surface area contributed by atoms with Crippen molar-refractivity contribution in [2.24, 2.45) is 0 Å². The van der Waals surface area contributed by atoms with Gasteiger partial charge in [0.1, 0.15) is 12.4 Å². The summed E-state index contributed by atoms with van der Waals surface area (Å²) >= 11 is 6.04. The first kappa shape index (κ1) is 23.2. The zero-order chi connectivity index (χ0) is 23.3. The predicted octanol–water partition coefficient (Wildman–Crippen LogP) is 7.35. The van der Waals surface area contributed by atoms with Crippen LogP contribution in [0.5, 0.6) is 0 Å². The Labute approximate surface area is 207 Å². The van der Waals surface area contributed by atoms with Gasteiger partial charge in [-0.15, -0.1) is 0 Å². The topological polar surface area (TPSA) is 38.1 Å². The fraction of sp³-hybridized carbons (Fsp3) is 0.448. The van der Waals surface area contributed by atoms with Gasteiger partial charge >= 0.3 is 0 Å². The van der Waals surface area contributed by atoms with E-state index in [-0.39, 0.29) is 5.91 Å². The fourth-order valence-electron chi connectivity index (χ4n) is 5.77. The van der Waals surface area contributed by atoms with E-state index in [1.165, 1.54) is 38.5 Å². The molecule has 2 fully saturated rings. The number of carbonyl (C=O) groups excluding carboxylic acids is 1. The molecule has 1 aromatic heterocycles. The molecule has 2 aromatic carbocycles.